The summed E-state index contributed by atoms with van der Waals surface area (Å²) in [5, 5.41) is 9.06. The molecule has 26 heavy (non-hydrogen) atoms. The van der Waals surface area contributed by atoms with Crippen LogP contribution in [0.25, 0.3) is 11.6 Å². The number of nitrogens with zero attached hydrogens (tertiary/aromatic N) is 3. The Morgan fingerprint density at radius 2 is 1.92 bits per heavy atom. The highest BCUT2D eigenvalue weighted by molar-refractivity contribution is 9.10. The van der Waals surface area contributed by atoms with E-state index in [1.165, 1.54) is 11.8 Å². The Balaban J connectivity index is 1.84. The summed E-state index contributed by atoms with van der Waals surface area (Å²) in [4.78, 5) is 12.7. The molecule has 1 unspecified atom stereocenters. The zero-order valence-corrected chi connectivity index (χ0v) is 17.3. The van der Waals surface area contributed by atoms with Gasteiger partial charge >= 0.3 is 0 Å². The Morgan fingerprint density at radius 1 is 1.19 bits per heavy atom. The minimum absolute atomic E-state index is 0.0705. The number of furan rings is 1. The highest BCUT2D eigenvalue weighted by atomic mass is 79.9. The van der Waals surface area contributed by atoms with Crippen LogP contribution in [-0.4, -0.2) is 25.8 Å². The third-order valence-electron chi connectivity index (χ3n) is 3.79. The fraction of sp³-hybridized carbons (Fsp3) is 0.316. The van der Waals surface area contributed by atoms with Crippen molar-refractivity contribution in [2.75, 3.05) is 0 Å². The van der Waals surface area contributed by atoms with Gasteiger partial charge in [0.2, 0.25) is 0 Å². The van der Waals surface area contributed by atoms with E-state index in [9.17, 15) is 4.79 Å². The van der Waals surface area contributed by atoms with Gasteiger partial charge in [-0.15, -0.1) is 10.2 Å². The Kier molecular flexibility index (Phi) is 5.98. The fourth-order valence-electron chi connectivity index (χ4n) is 2.55. The molecule has 0 amide bonds. The largest absolute Gasteiger partial charge is 0.461 e. The zero-order chi connectivity index (χ0) is 18.7. The topological polar surface area (TPSA) is 60.9 Å². The lowest BCUT2D eigenvalue weighted by Gasteiger charge is -2.14. The molecule has 0 saturated heterocycles. The Bertz CT molecular complexity index is 873. The second kappa shape index (κ2) is 8.22. The van der Waals surface area contributed by atoms with Crippen LogP contribution in [0.4, 0.5) is 0 Å². The monoisotopic (exact) mass is 433 g/mol. The van der Waals surface area contributed by atoms with Gasteiger partial charge in [-0.25, -0.2) is 0 Å². The van der Waals surface area contributed by atoms with E-state index in [2.05, 4.69) is 40.0 Å². The van der Waals surface area contributed by atoms with Crippen molar-refractivity contribution in [1.82, 2.24) is 14.8 Å². The number of carbonyl (C=O) groups is 1. The van der Waals surface area contributed by atoms with Gasteiger partial charge in [-0.3, -0.25) is 9.36 Å². The molecule has 136 valence electrons. The molecule has 0 fully saturated rings. The van der Waals surface area contributed by atoms with Crippen molar-refractivity contribution in [2.45, 2.75) is 37.7 Å². The summed E-state index contributed by atoms with van der Waals surface area (Å²) in [6.07, 6.45) is 1.62. The smallest absolute Gasteiger partial charge is 0.200 e. The molecular weight excluding hydrogens is 414 g/mol. The maximum Gasteiger partial charge on any atom is 0.200 e. The van der Waals surface area contributed by atoms with Crippen LogP contribution < -0.4 is 0 Å². The number of hydrogen-bond acceptors (Lipinski definition) is 5. The molecule has 1 aromatic carbocycles. The molecule has 0 aliphatic rings. The predicted octanol–water partition coefficient (Wildman–Crippen LogP) is 5.32. The summed E-state index contributed by atoms with van der Waals surface area (Å²) in [6.45, 7) is 6.92. The lowest BCUT2D eigenvalue weighted by molar-refractivity contribution is 0.0994. The number of Topliss-reactive ketones (excluding diaryl/α,β-unsaturated/α-hetero) is 1. The van der Waals surface area contributed by atoms with Crippen molar-refractivity contribution in [3.8, 4) is 11.6 Å². The molecule has 0 saturated carbocycles. The van der Waals surface area contributed by atoms with Crippen molar-refractivity contribution >= 4 is 33.5 Å². The maximum absolute atomic E-state index is 12.7. The van der Waals surface area contributed by atoms with E-state index in [0.29, 0.717) is 23.1 Å². The Labute approximate surface area is 165 Å². The Morgan fingerprint density at radius 3 is 2.54 bits per heavy atom. The molecule has 0 N–H and O–H groups in total. The van der Waals surface area contributed by atoms with E-state index < -0.39 is 0 Å². The maximum atomic E-state index is 12.7. The Hall–Kier alpha value is -1.86. The molecule has 5 nitrogen and oxygen atoms in total. The van der Waals surface area contributed by atoms with Crippen LogP contribution in [0.2, 0.25) is 0 Å². The number of thioether (sulfide) groups is 1. The minimum Gasteiger partial charge on any atom is -0.461 e. The zero-order valence-electron chi connectivity index (χ0n) is 14.8. The van der Waals surface area contributed by atoms with Crippen LogP contribution in [0.5, 0.6) is 0 Å². The summed E-state index contributed by atoms with van der Waals surface area (Å²) in [5.41, 5.74) is 0.689. The fourth-order valence-corrected chi connectivity index (χ4v) is 3.75. The van der Waals surface area contributed by atoms with Crippen LogP contribution in [-0.2, 0) is 6.54 Å². The molecular formula is C19H20BrN3O2S. The minimum atomic E-state index is -0.268. The van der Waals surface area contributed by atoms with Crippen LogP contribution in [0.1, 0.15) is 31.1 Å². The van der Waals surface area contributed by atoms with E-state index in [4.69, 9.17) is 4.42 Å². The number of hydrogen-bond donors (Lipinski definition) is 0. The van der Waals surface area contributed by atoms with Gasteiger partial charge in [-0.1, -0.05) is 53.7 Å². The number of rotatable bonds is 7. The van der Waals surface area contributed by atoms with Crippen molar-refractivity contribution in [1.29, 1.82) is 0 Å². The van der Waals surface area contributed by atoms with Gasteiger partial charge in [0.25, 0.3) is 0 Å². The SMILES string of the molecule is CC(C)Cn1c(SC(C)C(=O)c2ccc(Br)cc2)nnc1-c1ccco1. The molecule has 3 rings (SSSR count). The molecule has 3 aromatic rings. The molecule has 0 aliphatic carbocycles. The molecule has 7 heteroatoms. The summed E-state index contributed by atoms with van der Waals surface area (Å²) in [5.74, 6) is 1.85. The number of halogens is 1. The van der Waals surface area contributed by atoms with Gasteiger partial charge in [0.15, 0.2) is 22.5 Å². The first kappa shape index (κ1) is 18.9. The predicted molar refractivity (Wildman–Crippen MR) is 106 cm³/mol. The van der Waals surface area contributed by atoms with Crippen molar-refractivity contribution < 1.29 is 9.21 Å². The third kappa shape index (κ3) is 4.27. The van der Waals surface area contributed by atoms with Crippen LogP contribution in [0.15, 0.2) is 56.7 Å². The summed E-state index contributed by atoms with van der Waals surface area (Å²) < 4.78 is 8.46. The van der Waals surface area contributed by atoms with E-state index >= 15 is 0 Å². The second-order valence-electron chi connectivity index (χ2n) is 6.42. The van der Waals surface area contributed by atoms with Crippen molar-refractivity contribution in [3.05, 3.63) is 52.7 Å². The van der Waals surface area contributed by atoms with E-state index in [1.807, 2.05) is 47.9 Å². The van der Waals surface area contributed by atoms with Gasteiger partial charge in [-0.2, -0.15) is 0 Å². The number of ketones is 1. The third-order valence-corrected chi connectivity index (χ3v) is 5.40. The van der Waals surface area contributed by atoms with Crippen LogP contribution in [0, 0.1) is 5.92 Å². The summed E-state index contributed by atoms with van der Waals surface area (Å²) in [6, 6.07) is 11.1. The first-order valence-corrected chi connectivity index (χ1v) is 10.1. The molecule has 1 atom stereocenters. The standard InChI is InChI=1S/C19H20BrN3O2S/c1-12(2)11-23-18(16-5-4-10-25-16)21-22-19(23)26-13(3)17(24)14-6-8-15(20)9-7-14/h4-10,12-13H,11H2,1-3H3. The van der Waals surface area contributed by atoms with Gasteiger partial charge in [0, 0.05) is 16.6 Å². The van der Waals surface area contributed by atoms with Gasteiger partial charge in [0.1, 0.15) is 0 Å². The first-order valence-electron chi connectivity index (χ1n) is 8.39. The summed E-state index contributed by atoms with van der Waals surface area (Å²) >= 11 is 4.82. The molecule has 0 bridgehead atoms. The number of benzene rings is 1. The van der Waals surface area contributed by atoms with Gasteiger partial charge < -0.3 is 4.42 Å². The van der Waals surface area contributed by atoms with E-state index in [1.54, 1.807) is 6.26 Å². The van der Waals surface area contributed by atoms with E-state index in [-0.39, 0.29) is 11.0 Å². The highest BCUT2D eigenvalue weighted by Crippen LogP contribution is 2.29. The second-order valence-corrected chi connectivity index (χ2v) is 8.64. The normalized spacial score (nSPS) is 12.5. The number of aromatic nitrogens is 3. The average molecular weight is 434 g/mol. The quantitative estimate of drug-likeness (QED) is 0.372. The van der Waals surface area contributed by atoms with Crippen molar-refractivity contribution in [3.63, 3.8) is 0 Å². The molecule has 2 heterocycles. The first-order chi connectivity index (χ1) is 12.5. The number of carbonyl (C=O) groups excluding carboxylic acids is 1. The molecule has 0 spiro atoms. The van der Waals surface area contributed by atoms with Crippen LogP contribution >= 0.6 is 27.7 Å². The molecule has 0 radical (unpaired) electrons. The van der Waals surface area contributed by atoms with Crippen LogP contribution in [0.3, 0.4) is 0 Å². The average Bonchev–Trinajstić information content (AvgIpc) is 3.25. The van der Waals surface area contributed by atoms with Gasteiger partial charge in [-0.05, 0) is 37.1 Å². The van der Waals surface area contributed by atoms with E-state index in [0.717, 1.165) is 16.2 Å². The van der Waals surface area contributed by atoms with Crippen molar-refractivity contribution in [2.24, 2.45) is 5.92 Å². The molecule has 0 aliphatic heterocycles. The lowest BCUT2D eigenvalue weighted by Crippen LogP contribution is -2.15. The molecule has 2 aromatic heterocycles. The summed E-state index contributed by atoms with van der Waals surface area (Å²) in [7, 11) is 0. The lowest BCUT2D eigenvalue weighted by atomic mass is 10.1. The van der Waals surface area contributed by atoms with Gasteiger partial charge in [0.05, 0.1) is 11.5 Å². The highest BCUT2D eigenvalue weighted by Gasteiger charge is 2.23.